The van der Waals surface area contributed by atoms with Crippen molar-refractivity contribution in [3.63, 3.8) is 0 Å². The quantitative estimate of drug-likeness (QED) is 0.732. The van der Waals surface area contributed by atoms with Gasteiger partial charge in [0.25, 0.3) is 0 Å². The van der Waals surface area contributed by atoms with Crippen LogP contribution in [0.15, 0.2) is 36.7 Å². The van der Waals surface area contributed by atoms with Gasteiger partial charge in [-0.2, -0.15) is 0 Å². The lowest BCUT2D eigenvalue weighted by Crippen LogP contribution is -2.21. The Morgan fingerprint density at radius 2 is 2.19 bits per heavy atom. The number of carboxylic acids is 1. The number of aromatic nitrogens is 1. The fourth-order valence-corrected chi connectivity index (χ4v) is 1.29. The number of likely N-dealkylation sites (N-methyl/N-ethyl adjacent to an activating group) is 1. The second-order valence-corrected chi connectivity index (χ2v) is 3.61. The molecule has 16 heavy (non-hydrogen) atoms. The summed E-state index contributed by atoms with van der Waals surface area (Å²) in [5.74, 6) is -0.900. The Bertz CT molecular complexity index is 349. The molecule has 0 radical (unpaired) electrons. The van der Waals surface area contributed by atoms with Gasteiger partial charge in [0, 0.05) is 31.6 Å². The van der Waals surface area contributed by atoms with E-state index in [2.05, 4.69) is 9.88 Å². The van der Waals surface area contributed by atoms with Gasteiger partial charge in [-0.25, -0.2) is 4.79 Å². The smallest absolute Gasteiger partial charge is 0.328 e. The number of hydrogen-bond donors (Lipinski definition) is 1. The van der Waals surface area contributed by atoms with Gasteiger partial charge in [0.15, 0.2) is 0 Å². The zero-order valence-electron chi connectivity index (χ0n) is 9.34. The van der Waals surface area contributed by atoms with Gasteiger partial charge in [0.1, 0.15) is 0 Å². The van der Waals surface area contributed by atoms with Crippen LogP contribution in [0.1, 0.15) is 5.56 Å². The van der Waals surface area contributed by atoms with Crippen LogP contribution in [0.5, 0.6) is 0 Å². The van der Waals surface area contributed by atoms with Crippen LogP contribution in [0.4, 0.5) is 0 Å². The number of nitrogens with zero attached hydrogens (tertiary/aromatic N) is 2. The molecule has 0 fully saturated rings. The first-order chi connectivity index (χ1) is 7.68. The molecule has 0 aliphatic rings. The molecule has 1 rings (SSSR count). The lowest BCUT2D eigenvalue weighted by atomic mass is 10.2. The normalized spacial score (nSPS) is 11.1. The predicted octanol–water partition coefficient (Wildman–Crippen LogP) is 1.20. The second-order valence-electron chi connectivity index (χ2n) is 3.61. The van der Waals surface area contributed by atoms with Crippen LogP contribution in [0.2, 0.25) is 0 Å². The van der Waals surface area contributed by atoms with Crippen molar-refractivity contribution in [2.75, 3.05) is 20.1 Å². The number of carbonyl (C=O) groups is 1. The SMILES string of the molecule is CN(C/C=C/C(=O)O)CCc1ccncc1. The standard InChI is InChI=1S/C12H16N2O2/c1-14(9-2-3-12(15)16)10-6-11-4-7-13-8-5-11/h2-5,7-8H,6,9-10H2,1H3,(H,15,16)/b3-2+. The van der Waals surface area contributed by atoms with Crippen molar-refractivity contribution in [3.8, 4) is 0 Å². The molecule has 0 saturated heterocycles. The topological polar surface area (TPSA) is 53.4 Å². The second kappa shape index (κ2) is 6.74. The fourth-order valence-electron chi connectivity index (χ4n) is 1.29. The summed E-state index contributed by atoms with van der Waals surface area (Å²) in [6, 6.07) is 3.97. The molecule has 4 nitrogen and oxygen atoms in total. The number of hydrogen-bond acceptors (Lipinski definition) is 3. The van der Waals surface area contributed by atoms with Crippen molar-refractivity contribution >= 4 is 5.97 Å². The molecule has 0 spiro atoms. The van der Waals surface area contributed by atoms with Crippen molar-refractivity contribution < 1.29 is 9.90 Å². The Labute approximate surface area is 95.2 Å². The molecule has 0 bridgehead atoms. The first kappa shape index (κ1) is 12.4. The summed E-state index contributed by atoms with van der Waals surface area (Å²) in [5, 5.41) is 8.42. The van der Waals surface area contributed by atoms with Gasteiger partial charge >= 0.3 is 5.97 Å². The van der Waals surface area contributed by atoms with Crippen molar-refractivity contribution in [1.29, 1.82) is 0 Å². The highest BCUT2D eigenvalue weighted by Gasteiger charge is 1.97. The number of aliphatic carboxylic acids is 1. The fraction of sp³-hybridized carbons (Fsp3) is 0.333. The Kier molecular flexibility index (Phi) is 5.22. The highest BCUT2D eigenvalue weighted by molar-refractivity contribution is 5.79. The monoisotopic (exact) mass is 220 g/mol. The molecule has 1 N–H and O–H groups in total. The van der Waals surface area contributed by atoms with E-state index in [9.17, 15) is 4.79 Å². The van der Waals surface area contributed by atoms with E-state index in [1.54, 1.807) is 18.5 Å². The maximum absolute atomic E-state index is 10.2. The molecule has 4 heteroatoms. The van der Waals surface area contributed by atoms with E-state index in [0.717, 1.165) is 13.0 Å². The van der Waals surface area contributed by atoms with Gasteiger partial charge in [0.2, 0.25) is 0 Å². The summed E-state index contributed by atoms with van der Waals surface area (Å²) in [7, 11) is 1.97. The first-order valence-corrected chi connectivity index (χ1v) is 5.15. The Morgan fingerprint density at radius 1 is 1.50 bits per heavy atom. The Morgan fingerprint density at radius 3 is 2.81 bits per heavy atom. The van der Waals surface area contributed by atoms with E-state index in [0.29, 0.717) is 6.54 Å². The van der Waals surface area contributed by atoms with Crippen molar-refractivity contribution in [2.45, 2.75) is 6.42 Å². The summed E-state index contributed by atoms with van der Waals surface area (Å²) in [6.07, 6.45) is 7.32. The summed E-state index contributed by atoms with van der Waals surface area (Å²) < 4.78 is 0. The molecule has 0 aliphatic carbocycles. The Balaban J connectivity index is 2.25. The predicted molar refractivity (Wildman–Crippen MR) is 62.2 cm³/mol. The van der Waals surface area contributed by atoms with E-state index in [1.165, 1.54) is 11.6 Å². The van der Waals surface area contributed by atoms with E-state index in [4.69, 9.17) is 5.11 Å². The van der Waals surface area contributed by atoms with Crippen molar-refractivity contribution in [3.05, 3.63) is 42.2 Å². The molecule has 0 amide bonds. The minimum atomic E-state index is -0.900. The highest BCUT2D eigenvalue weighted by Crippen LogP contribution is 1.98. The zero-order chi connectivity index (χ0) is 11.8. The third-order valence-electron chi connectivity index (χ3n) is 2.21. The molecule has 0 aromatic carbocycles. The average Bonchev–Trinajstić information content (AvgIpc) is 2.27. The van der Waals surface area contributed by atoms with Gasteiger partial charge in [0.05, 0.1) is 0 Å². The minimum absolute atomic E-state index is 0.650. The van der Waals surface area contributed by atoms with Crippen LogP contribution in [0, 0.1) is 0 Å². The summed E-state index contributed by atoms with van der Waals surface area (Å²) >= 11 is 0. The van der Waals surface area contributed by atoms with Gasteiger partial charge in [-0.1, -0.05) is 6.08 Å². The van der Waals surface area contributed by atoms with E-state index >= 15 is 0 Å². The maximum Gasteiger partial charge on any atom is 0.328 e. The van der Waals surface area contributed by atoms with Gasteiger partial charge in [-0.05, 0) is 31.2 Å². The molecular formula is C12H16N2O2. The third-order valence-corrected chi connectivity index (χ3v) is 2.21. The Hall–Kier alpha value is -1.68. The van der Waals surface area contributed by atoms with E-state index in [1.807, 2.05) is 19.2 Å². The molecule has 1 heterocycles. The summed E-state index contributed by atoms with van der Waals surface area (Å²) in [6.45, 7) is 1.55. The van der Waals surface area contributed by atoms with E-state index in [-0.39, 0.29) is 0 Å². The lowest BCUT2D eigenvalue weighted by molar-refractivity contribution is -0.131. The maximum atomic E-state index is 10.2. The number of carboxylic acid groups (broad SMARTS) is 1. The first-order valence-electron chi connectivity index (χ1n) is 5.15. The molecule has 0 aliphatic heterocycles. The number of rotatable bonds is 6. The highest BCUT2D eigenvalue weighted by atomic mass is 16.4. The molecular weight excluding hydrogens is 204 g/mol. The summed E-state index contributed by atoms with van der Waals surface area (Å²) in [5.41, 5.74) is 1.24. The third kappa shape index (κ3) is 5.26. The molecule has 86 valence electrons. The van der Waals surface area contributed by atoms with Crippen LogP contribution in [-0.4, -0.2) is 41.1 Å². The van der Waals surface area contributed by atoms with Crippen LogP contribution < -0.4 is 0 Å². The van der Waals surface area contributed by atoms with E-state index < -0.39 is 5.97 Å². The van der Waals surface area contributed by atoms with Crippen LogP contribution in [-0.2, 0) is 11.2 Å². The van der Waals surface area contributed by atoms with Gasteiger partial charge in [-0.15, -0.1) is 0 Å². The van der Waals surface area contributed by atoms with Gasteiger partial charge in [-0.3, -0.25) is 4.98 Å². The summed E-state index contributed by atoms with van der Waals surface area (Å²) in [4.78, 5) is 16.3. The van der Waals surface area contributed by atoms with Crippen LogP contribution in [0.3, 0.4) is 0 Å². The number of pyridine rings is 1. The van der Waals surface area contributed by atoms with Crippen LogP contribution in [0.25, 0.3) is 0 Å². The van der Waals surface area contributed by atoms with Crippen molar-refractivity contribution in [2.24, 2.45) is 0 Å². The average molecular weight is 220 g/mol. The minimum Gasteiger partial charge on any atom is -0.478 e. The zero-order valence-corrected chi connectivity index (χ0v) is 9.34. The largest absolute Gasteiger partial charge is 0.478 e. The molecule has 0 saturated carbocycles. The van der Waals surface area contributed by atoms with Crippen LogP contribution >= 0.6 is 0 Å². The molecule has 1 aromatic rings. The molecule has 1 aromatic heterocycles. The van der Waals surface area contributed by atoms with Gasteiger partial charge < -0.3 is 10.0 Å². The van der Waals surface area contributed by atoms with Crippen molar-refractivity contribution in [1.82, 2.24) is 9.88 Å². The lowest BCUT2D eigenvalue weighted by Gasteiger charge is -2.13. The molecule has 0 unspecified atom stereocenters. The molecule has 0 atom stereocenters.